The summed E-state index contributed by atoms with van der Waals surface area (Å²) < 4.78 is 6.36. The lowest BCUT2D eigenvalue weighted by Crippen LogP contribution is -2.33. The highest BCUT2D eigenvalue weighted by Crippen LogP contribution is 2.39. The minimum atomic E-state index is -0.841. The van der Waals surface area contributed by atoms with Crippen LogP contribution in [0.15, 0.2) is 0 Å². The Balaban J connectivity index is 1.94. The first-order chi connectivity index (χ1) is 7.27. The molecule has 2 rings (SSSR count). The van der Waals surface area contributed by atoms with Crippen LogP contribution in [0.1, 0.15) is 51.4 Å². The summed E-state index contributed by atoms with van der Waals surface area (Å²) >= 11 is -0.841. The molecular weight excluding hydrogens is 199 g/mol. The van der Waals surface area contributed by atoms with Gasteiger partial charge in [0.1, 0.15) is 0 Å². The molecule has 2 aliphatic carbocycles. The first-order valence-electron chi connectivity index (χ1n) is 6.93. The fraction of sp³-hybridized carbons (Fsp3) is 1.00. The predicted octanol–water partition coefficient (Wildman–Crippen LogP) is 4.00. The molecule has 86 valence electrons. The molecule has 2 saturated carbocycles. The minimum absolute atomic E-state index is 0.654. The summed E-state index contributed by atoms with van der Waals surface area (Å²) in [5, 5.41) is 0. The lowest BCUT2D eigenvalue weighted by atomic mass is 9.89. The van der Waals surface area contributed by atoms with Crippen LogP contribution in [0.25, 0.3) is 0 Å². The molecule has 2 aliphatic rings. The number of rotatable bonds is 4. The molecule has 0 aliphatic heterocycles. The van der Waals surface area contributed by atoms with E-state index in [0.717, 1.165) is 11.8 Å². The summed E-state index contributed by atoms with van der Waals surface area (Å²) in [7, 11) is 0. The minimum Gasteiger partial charge on any atom is -0.498 e. The highest BCUT2D eigenvalue weighted by atomic mass is 27.2. The van der Waals surface area contributed by atoms with Crippen LogP contribution >= 0.6 is 0 Å². The Hall–Kier alpha value is 0.492. The molecule has 0 aromatic carbocycles. The first-order valence-corrected chi connectivity index (χ1v) is 9.71. The van der Waals surface area contributed by atoms with Gasteiger partial charge >= 0.3 is 14.5 Å². The molecule has 2 heteroatoms. The molecule has 1 nitrogen and oxygen atoms in total. The molecular formula is C13H25AlO. The molecule has 0 spiro atoms. The smallest absolute Gasteiger partial charge is 0.454 e. The van der Waals surface area contributed by atoms with Crippen molar-refractivity contribution in [2.45, 2.75) is 69.0 Å². The largest absolute Gasteiger partial charge is 0.498 e. The molecule has 0 N–H and O–H groups in total. The van der Waals surface area contributed by atoms with Crippen LogP contribution in [0.3, 0.4) is 0 Å². The van der Waals surface area contributed by atoms with Crippen LogP contribution in [0.5, 0.6) is 0 Å². The van der Waals surface area contributed by atoms with E-state index >= 15 is 0 Å². The van der Waals surface area contributed by atoms with Crippen molar-refractivity contribution in [3.05, 3.63) is 0 Å². The van der Waals surface area contributed by atoms with E-state index in [9.17, 15) is 0 Å². The van der Waals surface area contributed by atoms with E-state index in [-0.39, 0.29) is 0 Å². The summed E-state index contributed by atoms with van der Waals surface area (Å²) in [6.45, 7) is 0. The van der Waals surface area contributed by atoms with Gasteiger partial charge in [-0.2, -0.15) is 0 Å². The van der Waals surface area contributed by atoms with Crippen molar-refractivity contribution in [3.8, 4) is 0 Å². The summed E-state index contributed by atoms with van der Waals surface area (Å²) in [5.74, 6) is 6.50. The summed E-state index contributed by atoms with van der Waals surface area (Å²) in [4.78, 5) is 0. The lowest BCUT2D eigenvalue weighted by Gasteiger charge is -2.31. The third-order valence-electron chi connectivity index (χ3n) is 4.16. The maximum atomic E-state index is 6.36. The second-order valence-electron chi connectivity index (χ2n) is 5.74. The Bertz CT molecular complexity index is 165. The first kappa shape index (κ1) is 12.0. The Morgan fingerprint density at radius 2 is 1.27 bits per heavy atom. The average molecular weight is 224 g/mol. The topological polar surface area (TPSA) is 9.23 Å². The second kappa shape index (κ2) is 5.71. The number of hydrogen-bond acceptors (Lipinski definition) is 1. The molecule has 0 heterocycles. The zero-order valence-electron chi connectivity index (χ0n) is 10.4. The summed E-state index contributed by atoms with van der Waals surface area (Å²) in [6.07, 6.45) is 12.3. The predicted molar refractivity (Wildman–Crippen MR) is 66.3 cm³/mol. The highest BCUT2D eigenvalue weighted by molar-refractivity contribution is 6.48. The van der Waals surface area contributed by atoms with Crippen molar-refractivity contribution in [2.75, 3.05) is 0 Å². The molecule has 0 bridgehead atoms. The maximum absolute atomic E-state index is 6.36. The third kappa shape index (κ3) is 3.22. The van der Waals surface area contributed by atoms with Gasteiger partial charge in [0, 0.05) is 6.10 Å². The third-order valence-corrected chi connectivity index (χ3v) is 5.02. The van der Waals surface area contributed by atoms with Crippen LogP contribution in [-0.2, 0) is 3.79 Å². The Labute approximate surface area is 99.3 Å². The van der Waals surface area contributed by atoms with Crippen molar-refractivity contribution < 1.29 is 3.79 Å². The molecule has 0 amide bonds. The zero-order chi connectivity index (χ0) is 10.7. The van der Waals surface area contributed by atoms with E-state index in [1.807, 2.05) is 0 Å². The molecule has 0 atom stereocenters. The van der Waals surface area contributed by atoms with E-state index in [1.165, 1.54) is 51.4 Å². The standard InChI is InChI=1S/C11H19O.2CH3.Al/c12-11(9-5-1-2-6-9)10-7-3-4-8-10;;;/h9-11H,1-8H2;2*1H3;/q-1;;;+1. The number of hydrogen-bond donors (Lipinski definition) is 0. The zero-order valence-corrected chi connectivity index (χ0v) is 11.5. The summed E-state index contributed by atoms with van der Waals surface area (Å²) in [5.41, 5.74) is 0. The monoisotopic (exact) mass is 224 g/mol. The Kier molecular flexibility index (Phi) is 4.56. The van der Waals surface area contributed by atoms with Crippen LogP contribution in [0, 0.1) is 11.8 Å². The van der Waals surface area contributed by atoms with Gasteiger partial charge < -0.3 is 3.79 Å². The van der Waals surface area contributed by atoms with E-state index in [4.69, 9.17) is 3.79 Å². The van der Waals surface area contributed by atoms with Gasteiger partial charge in [-0.15, -0.1) is 0 Å². The lowest BCUT2D eigenvalue weighted by molar-refractivity contribution is 0.0784. The van der Waals surface area contributed by atoms with Crippen LogP contribution in [-0.4, -0.2) is 20.6 Å². The van der Waals surface area contributed by atoms with E-state index in [0.29, 0.717) is 6.10 Å². The van der Waals surface area contributed by atoms with Gasteiger partial charge in [-0.25, -0.2) is 0 Å². The van der Waals surface area contributed by atoms with Crippen molar-refractivity contribution in [2.24, 2.45) is 11.8 Å². The van der Waals surface area contributed by atoms with Crippen LogP contribution < -0.4 is 0 Å². The van der Waals surface area contributed by atoms with Crippen molar-refractivity contribution in [1.82, 2.24) is 0 Å². The van der Waals surface area contributed by atoms with Crippen molar-refractivity contribution in [1.29, 1.82) is 0 Å². The molecule has 15 heavy (non-hydrogen) atoms. The van der Waals surface area contributed by atoms with Crippen molar-refractivity contribution >= 4 is 14.5 Å². The van der Waals surface area contributed by atoms with Gasteiger partial charge in [0.05, 0.1) is 0 Å². The maximum Gasteiger partial charge on any atom is 0.454 e. The van der Waals surface area contributed by atoms with Gasteiger partial charge in [-0.3, -0.25) is 0 Å². The van der Waals surface area contributed by atoms with Gasteiger partial charge in [0.25, 0.3) is 0 Å². The van der Waals surface area contributed by atoms with Crippen molar-refractivity contribution in [3.63, 3.8) is 0 Å². The normalized spacial score (nSPS) is 24.2. The SMILES string of the molecule is [CH3][Al]([CH3])[O]C(C1CCCC1)C1CCCC1. The molecule has 0 saturated heterocycles. The highest BCUT2D eigenvalue weighted by Gasteiger charge is 2.34. The molecule has 0 radical (unpaired) electrons. The molecule has 0 aromatic heterocycles. The fourth-order valence-electron chi connectivity index (χ4n) is 3.49. The molecule has 0 unspecified atom stereocenters. The Morgan fingerprint density at radius 1 is 0.867 bits per heavy atom. The quantitative estimate of drug-likeness (QED) is 0.656. The van der Waals surface area contributed by atoms with Gasteiger partial charge in [-0.1, -0.05) is 37.3 Å². The summed E-state index contributed by atoms with van der Waals surface area (Å²) in [6, 6.07) is 0. The van der Waals surface area contributed by atoms with E-state index < -0.39 is 14.5 Å². The van der Waals surface area contributed by atoms with E-state index in [2.05, 4.69) is 11.6 Å². The van der Waals surface area contributed by atoms with Crippen LogP contribution in [0.4, 0.5) is 0 Å². The van der Waals surface area contributed by atoms with Crippen LogP contribution in [0.2, 0.25) is 11.6 Å². The van der Waals surface area contributed by atoms with Gasteiger partial charge in [0.2, 0.25) is 0 Å². The average Bonchev–Trinajstić information content (AvgIpc) is 2.87. The fourth-order valence-corrected chi connectivity index (χ4v) is 4.57. The Morgan fingerprint density at radius 3 is 1.60 bits per heavy atom. The molecule has 2 fully saturated rings. The van der Waals surface area contributed by atoms with Gasteiger partial charge in [-0.05, 0) is 37.5 Å². The van der Waals surface area contributed by atoms with Gasteiger partial charge in [0.15, 0.2) is 0 Å². The van der Waals surface area contributed by atoms with E-state index in [1.54, 1.807) is 0 Å². The second-order valence-corrected chi connectivity index (χ2v) is 8.11. The molecule has 0 aromatic rings.